The van der Waals surface area contributed by atoms with Crippen LogP contribution in [0.3, 0.4) is 0 Å². The van der Waals surface area contributed by atoms with Gasteiger partial charge in [-0.1, -0.05) is 18.7 Å². The molecule has 0 aliphatic carbocycles. The summed E-state index contributed by atoms with van der Waals surface area (Å²) in [6, 6.07) is 12.9. The number of carbonyl (C=O) groups excluding carboxylic acids is 2. The molecule has 4 aromatic rings. The molecule has 1 fully saturated rings. The van der Waals surface area contributed by atoms with Crippen molar-refractivity contribution in [3.63, 3.8) is 0 Å². The van der Waals surface area contributed by atoms with Crippen LogP contribution in [0.1, 0.15) is 5.69 Å². The van der Waals surface area contributed by atoms with Crippen molar-refractivity contribution in [1.82, 2.24) is 25.3 Å². The van der Waals surface area contributed by atoms with Crippen LogP contribution in [0.25, 0.3) is 22.3 Å². The first-order chi connectivity index (χ1) is 17.0. The fraction of sp³-hybridized carbons (Fsp3) is 0.160. The van der Waals surface area contributed by atoms with E-state index in [1.807, 2.05) is 43.3 Å². The largest absolute Gasteiger partial charge is 0.367 e. The highest BCUT2D eigenvalue weighted by molar-refractivity contribution is 5.99. The van der Waals surface area contributed by atoms with Crippen LogP contribution in [0.2, 0.25) is 0 Å². The van der Waals surface area contributed by atoms with E-state index < -0.39 is 6.03 Å². The lowest BCUT2D eigenvalue weighted by Gasteiger charge is -2.41. The van der Waals surface area contributed by atoms with Gasteiger partial charge < -0.3 is 20.5 Å². The zero-order valence-electron chi connectivity index (χ0n) is 19.1. The molecule has 10 nitrogen and oxygen atoms in total. The van der Waals surface area contributed by atoms with Crippen LogP contribution >= 0.6 is 0 Å². The Kier molecular flexibility index (Phi) is 5.84. The number of aryl methyl sites for hydroxylation is 1. The standard InChI is InChI=1S/C25H24N8O2/c1-3-23(34)29-18-12-33(13-18)19-8-9-26-22(10-19)32-25(35)30-17-6-4-16(5-7-17)21-11-20-15(2)27-14-28-24(20)31-21/h3-11,14,18H,1,12-13H2,2H3,(H,29,34)(H,27,28,31)(H2,26,30,32,35). The smallest absolute Gasteiger partial charge is 0.324 e. The first-order valence-corrected chi connectivity index (χ1v) is 11.1. The summed E-state index contributed by atoms with van der Waals surface area (Å²) in [5.74, 6) is 0.256. The lowest BCUT2D eigenvalue weighted by molar-refractivity contribution is -0.117. The van der Waals surface area contributed by atoms with Gasteiger partial charge in [0.1, 0.15) is 17.8 Å². The van der Waals surface area contributed by atoms with Crippen LogP contribution in [0.4, 0.5) is 22.0 Å². The van der Waals surface area contributed by atoms with Gasteiger partial charge in [0.15, 0.2) is 0 Å². The SMILES string of the molecule is C=CC(=O)NC1CN(c2ccnc(NC(=O)Nc3ccc(-c4cc5c(C)ncnc5[nH]4)cc3)c2)C1. The highest BCUT2D eigenvalue weighted by Gasteiger charge is 2.27. The van der Waals surface area contributed by atoms with Crippen LogP contribution in [0.5, 0.6) is 0 Å². The van der Waals surface area contributed by atoms with Gasteiger partial charge in [-0.25, -0.2) is 19.7 Å². The number of nitrogens with zero attached hydrogens (tertiary/aromatic N) is 4. The Bertz CT molecular complexity index is 1410. The van der Waals surface area contributed by atoms with Gasteiger partial charge in [-0.2, -0.15) is 0 Å². The van der Waals surface area contributed by atoms with Gasteiger partial charge in [0.05, 0.1) is 11.7 Å². The van der Waals surface area contributed by atoms with Gasteiger partial charge in [0.25, 0.3) is 0 Å². The minimum atomic E-state index is -0.390. The number of carbonyl (C=O) groups is 2. The van der Waals surface area contributed by atoms with Gasteiger partial charge >= 0.3 is 6.03 Å². The second kappa shape index (κ2) is 9.26. The number of aromatic amines is 1. The van der Waals surface area contributed by atoms with E-state index >= 15 is 0 Å². The van der Waals surface area contributed by atoms with Crippen LogP contribution in [0, 0.1) is 6.92 Å². The van der Waals surface area contributed by atoms with Crippen molar-refractivity contribution in [3.05, 3.63) is 73.3 Å². The Labute approximate surface area is 201 Å². The summed E-state index contributed by atoms with van der Waals surface area (Å²) in [6.45, 7) is 6.78. The minimum Gasteiger partial charge on any atom is -0.367 e. The van der Waals surface area contributed by atoms with Crippen molar-refractivity contribution in [3.8, 4) is 11.3 Å². The normalized spacial score (nSPS) is 13.2. The van der Waals surface area contributed by atoms with Crippen molar-refractivity contribution < 1.29 is 9.59 Å². The summed E-state index contributed by atoms with van der Waals surface area (Å²) in [5.41, 5.74) is 5.18. The highest BCUT2D eigenvalue weighted by Crippen LogP contribution is 2.26. The fourth-order valence-corrected chi connectivity index (χ4v) is 3.96. The molecule has 0 bridgehead atoms. The minimum absolute atomic E-state index is 0.0812. The summed E-state index contributed by atoms with van der Waals surface area (Å²) in [4.78, 5) is 42.0. The van der Waals surface area contributed by atoms with Crippen LogP contribution in [-0.2, 0) is 4.79 Å². The van der Waals surface area contributed by atoms with E-state index in [1.165, 1.54) is 12.4 Å². The first-order valence-electron chi connectivity index (χ1n) is 11.1. The topological polar surface area (TPSA) is 128 Å². The molecule has 0 atom stereocenters. The van der Waals surface area contributed by atoms with Crippen LogP contribution in [0.15, 0.2) is 67.6 Å². The fourth-order valence-electron chi connectivity index (χ4n) is 3.96. The zero-order valence-corrected chi connectivity index (χ0v) is 19.1. The third kappa shape index (κ3) is 4.81. The number of amides is 3. The van der Waals surface area contributed by atoms with Crippen LogP contribution < -0.4 is 20.9 Å². The van der Waals surface area contributed by atoms with E-state index in [1.54, 1.807) is 12.3 Å². The molecule has 4 N–H and O–H groups in total. The van der Waals surface area contributed by atoms with E-state index in [4.69, 9.17) is 0 Å². The number of rotatable bonds is 6. The van der Waals surface area contributed by atoms with Crippen molar-refractivity contribution in [1.29, 1.82) is 0 Å². The third-order valence-electron chi connectivity index (χ3n) is 5.84. The molecule has 35 heavy (non-hydrogen) atoms. The maximum absolute atomic E-state index is 12.5. The third-order valence-corrected chi connectivity index (χ3v) is 5.84. The maximum Gasteiger partial charge on any atom is 0.324 e. The molecule has 0 spiro atoms. The first kappa shape index (κ1) is 22.1. The molecule has 1 aromatic carbocycles. The summed E-state index contributed by atoms with van der Waals surface area (Å²) < 4.78 is 0. The molecule has 1 aliphatic rings. The average molecular weight is 469 g/mol. The molecule has 10 heteroatoms. The predicted octanol–water partition coefficient (Wildman–Crippen LogP) is 3.46. The zero-order chi connectivity index (χ0) is 24.4. The van der Waals surface area contributed by atoms with Gasteiger partial charge in [-0.3, -0.25) is 10.1 Å². The van der Waals surface area contributed by atoms with Crippen molar-refractivity contribution in [2.24, 2.45) is 0 Å². The number of nitrogens with one attached hydrogen (secondary N) is 4. The summed E-state index contributed by atoms with van der Waals surface area (Å²) in [7, 11) is 0. The number of aromatic nitrogens is 4. The number of anilines is 3. The second-order valence-corrected chi connectivity index (χ2v) is 8.27. The molecule has 3 amide bonds. The maximum atomic E-state index is 12.5. The number of benzene rings is 1. The molecule has 3 aromatic heterocycles. The molecule has 1 aliphatic heterocycles. The number of H-pyrrole nitrogens is 1. The Hall–Kier alpha value is -4.73. The van der Waals surface area contributed by atoms with Crippen LogP contribution in [-0.4, -0.2) is 51.0 Å². The Morgan fingerprint density at radius 2 is 1.89 bits per heavy atom. The monoisotopic (exact) mass is 468 g/mol. The lowest BCUT2D eigenvalue weighted by atomic mass is 10.1. The van der Waals surface area contributed by atoms with Crippen molar-refractivity contribution in [2.75, 3.05) is 28.6 Å². The quantitative estimate of drug-likeness (QED) is 0.321. The molecule has 0 saturated carbocycles. The number of pyridine rings is 1. The van der Waals surface area contributed by atoms with E-state index in [0.29, 0.717) is 24.6 Å². The Balaban J connectivity index is 1.18. The van der Waals surface area contributed by atoms with Gasteiger partial charge in [0.2, 0.25) is 5.91 Å². The van der Waals surface area contributed by atoms with Crippen molar-refractivity contribution >= 4 is 40.2 Å². The van der Waals surface area contributed by atoms with E-state index in [-0.39, 0.29) is 11.9 Å². The summed E-state index contributed by atoms with van der Waals surface area (Å²) >= 11 is 0. The molecule has 1 saturated heterocycles. The molecule has 176 valence electrons. The number of fused-ring (bicyclic) bond motifs is 1. The molecule has 5 rings (SSSR count). The van der Waals surface area contributed by atoms with Crippen molar-refractivity contribution in [2.45, 2.75) is 13.0 Å². The molecular weight excluding hydrogens is 444 g/mol. The number of hydrogen-bond acceptors (Lipinski definition) is 6. The number of urea groups is 1. The predicted molar refractivity (Wildman–Crippen MR) is 135 cm³/mol. The Morgan fingerprint density at radius 1 is 1.09 bits per heavy atom. The van der Waals surface area contributed by atoms with Gasteiger partial charge in [0, 0.05) is 47.8 Å². The molecular formula is C25H24N8O2. The van der Waals surface area contributed by atoms with Gasteiger partial charge in [-0.05, 0) is 42.8 Å². The summed E-state index contributed by atoms with van der Waals surface area (Å²) in [5, 5.41) is 9.43. The number of hydrogen-bond donors (Lipinski definition) is 4. The van der Waals surface area contributed by atoms with Gasteiger partial charge in [-0.15, -0.1) is 0 Å². The van der Waals surface area contributed by atoms with E-state index in [0.717, 1.165) is 33.7 Å². The molecule has 0 radical (unpaired) electrons. The highest BCUT2D eigenvalue weighted by atomic mass is 16.2. The lowest BCUT2D eigenvalue weighted by Crippen LogP contribution is -2.59. The Morgan fingerprint density at radius 3 is 2.63 bits per heavy atom. The molecule has 4 heterocycles. The van der Waals surface area contributed by atoms with E-state index in [2.05, 4.69) is 47.4 Å². The summed E-state index contributed by atoms with van der Waals surface area (Å²) in [6.07, 6.45) is 4.45. The molecule has 0 unspecified atom stereocenters. The second-order valence-electron chi connectivity index (χ2n) is 8.27. The van der Waals surface area contributed by atoms with E-state index in [9.17, 15) is 9.59 Å². The average Bonchev–Trinajstić information content (AvgIpc) is 3.27.